The number of carbonyl (C=O) groups is 1. The fourth-order valence-corrected chi connectivity index (χ4v) is 2.86. The Balaban J connectivity index is 2.03. The van der Waals surface area contributed by atoms with Crippen LogP contribution >= 0.6 is 11.3 Å². The van der Waals surface area contributed by atoms with E-state index < -0.39 is 0 Å². The normalized spacial score (nSPS) is 12.3. The van der Waals surface area contributed by atoms with Crippen LogP contribution in [0, 0.1) is 0 Å². The van der Waals surface area contributed by atoms with E-state index in [2.05, 4.69) is 23.3 Å². The molecule has 1 amide bonds. The quantitative estimate of drug-likeness (QED) is 0.821. The van der Waals surface area contributed by atoms with Crippen molar-refractivity contribution in [1.82, 2.24) is 14.9 Å². The summed E-state index contributed by atoms with van der Waals surface area (Å²) in [6, 6.07) is 4.12. The Morgan fingerprint density at radius 2 is 2.45 bits per heavy atom. The summed E-state index contributed by atoms with van der Waals surface area (Å²) in [5.41, 5.74) is 5.92. The highest BCUT2D eigenvalue weighted by Crippen LogP contribution is 2.23. The molecular weight excluding hydrogens is 272 g/mol. The molecule has 6 heteroatoms. The first kappa shape index (κ1) is 14.7. The summed E-state index contributed by atoms with van der Waals surface area (Å²) < 4.78 is 1.83. The fourth-order valence-electron chi connectivity index (χ4n) is 2.04. The molecule has 0 spiro atoms. The number of carbonyl (C=O) groups excluding carboxylic acids is 1. The molecule has 2 aromatic rings. The van der Waals surface area contributed by atoms with Gasteiger partial charge in [0.2, 0.25) is 0 Å². The molecule has 2 aromatic heterocycles. The van der Waals surface area contributed by atoms with E-state index in [1.54, 1.807) is 23.9 Å². The molecule has 0 radical (unpaired) electrons. The number of imidazole rings is 1. The molecule has 5 nitrogen and oxygen atoms in total. The van der Waals surface area contributed by atoms with Crippen LogP contribution in [-0.4, -0.2) is 22.0 Å². The predicted molar refractivity (Wildman–Crippen MR) is 80.7 cm³/mol. The van der Waals surface area contributed by atoms with Gasteiger partial charge in [0.25, 0.3) is 5.91 Å². The zero-order chi connectivity index (χ0) is 14.4. The zero-order valence-electron chi connectivity index (χ0n) is 11.6. The predicted octanol–water partition coefficient (Wildman–Crippen LogP) is 2.17. The van der Waals surface area contributed by atoms with Crippen LogP contribution in [0.3, 0.4) is 0 Å². The summed E-state index contributed by atoms with van der Waals surface area (Å²) in [5.74, 6) is -0.132. The molecule has 1 atom stereocenters. The summed E-state index contributed by atoms with van der Waals surface area (Å²) in [4.78, 5) is 17.5. The van der Waals surface area contributed by atoms with Gasteiger partial charge in [0.1, 0.15) is 5.69 Å². The van der Waals surface area contributed by atoms with E-state index in [-0.39, 0.29) is 11.9 Å². The summed E-state index contributed by atoms with van der Waals surface area (Å²) in [5, 5.41) is 5.08. The lowest BCUT2D eigenvalue weighted by Crippen LogP contribution is -2.28. The van der Waals surface area contributed by atoms with Gasteiger partial charge in [0, 0.05) is 24.2 Å². The third-order valence-corrected chi connectivity index (χ3v) is 4.01. The van der Waals surface area contributed by atoms with Crippen LogP contribution in [0.25, 0.3) is 0 Å². The van der Waals surface area contributed by atoms with Gasteiger partial charge in [-0.1, -0.05) is 19.4 Å². The van der Waals surface area contributed by atoms with E-state index in [9.17, 15) is 4.79 Å². The zero-order valence-corrected chi connectivity index (χ0v) is 12.4. The van der Waals surface area contributed by atoms with Crippen LogP contribution in [0.5, 0.6) is 0 Å². The number of amides is 1. The van der Waals surface area contributed by atoms with Gasteiger partial charge in [-0.3, -0.25) is 4.79 Å². The molecule has 0 aliphatic rings. The standard InChI is InChI=1S/C14H20N4OS/c1-2-4-11(13-5-3-8-20-13)17-14(19)12-9-18(7-6-15)10-16-12/h3,5,8-11H,2,4,6-7,15H2,1H3,(H,17,19). The van der Waals surface area contributed by atoms with E-state index in [0.29, 0.717) is 18.8 Å². The molecule has 3 N–H and O–H groups in total. The average molecular weight is 292 g/mol. The molecule has 108 valence electrons. The Labute approximate surface area is 122 Å². The van der Waals surface area contributed by atoms with Gasteiger partial charge in [-0.2, -0.15) is 0 Å². The van der Waals surface area contributed by atoms with E-state index in [0.717, 1.165) is 12.8 Å². The van der Waals surface area contributed by atoms with Gasteiger partial charge in [0.15, 0.2) is 0 Å². The molecule has 0 saturated heterocycles. The molecule has 0 bridgehead atoms. The highest BCUT2D eigenvalue weighted by molar-refractivity contribution is 7.10. The second kappa shape index (κ2) is 7.21. The van der Waals surface area contributed by atoms with Gasteiger partial charge in [-0.15, -0.1) is 11.3 Å². The Morgan fingerprint density at radius 3 is 3.10 bits per heavy atom. The lowest BCUT2D eigenvalue weighted by molar-refractivity contribution is 0.0930. The Kier molecular flexibility index (Phi) is 5.31. The summed E-state index contributed by atoms with van der Waals surface area (Å²) >= 11 is 1.66. The van der Waals surface area contributed by atoms with Crippen molar-refractivity contribution in [1.29, 1.82) is 0 Å². The average Bonchev–Trinajstić information content (AvgIpc) is 3.09. The Hall–Kier alpha value is -1.66. The lowest BCUT2D eigenvalue weighted by Gasteiger charge is -2.15. The third-order valence-electron chi connectivity index (χ3n) is 3.02. The van der Waals surface area contributed by atoms with E-state index >= 15 is 0 Å². The third kappa shape index (κ3) is 3.68. The van der Waals surface area contributed by atoms with Crippen LogP contribution in [0.4, 0.5) is 0 Å². The number of nitrogens with one attached hydrogen (secondary N) is 1. The highest BCUT2D eigenvalue weighted by atomic mass is 32.1. The second-order valence-electron chi connectivity index (χ2n) is 4.62. The Bertz CT molecular complexity index is 535. The second-order valence-corrected chi connectivity index (χ2v) is 5.59. The number of thiophene rings is 1. The number of aromatic nitrogens is 2. The van der Waals surface area contributed by atoms with Crippen molar-refractivity contribution < 1.29 is 4.79 Å². The van der Waals surface area contributed by atoms with Gasteiger partial charge in [-0.05, 0) is 17.9 Å². The number of rotatable bonds is 7. The van der Waals surface area contributed by atoms with Crippen LogP contribution in [-0.2, 0) is 6.54 Å². The molecule has 1 unspecified atom stereocenters. The highest BCUT2D eigenvalue weighted by Gasteiger charge is 2.17. The topological polar surface area (TPSA) is 72.9 Å². The molecular formula is C14H20N4OS. The maximum atomic E-state index is 12.2. The van der Waals surface area contributed by atoms with Gasteiger partial charge >= 0.3 is 0 Å². The SMILES string of the molecule is CCCC(NC(=O)c1cn(CCN)cn1)c1cccs1. The van der Waals surface area contributed by atoms with Crippen LogP contribution < -0.4 is 11.1 Å². The van der Waals surface area contributed by atoms with Crippen molar-refractivity contribution in [3.63, 3.8) is 0 Å². The molecule has 20 heavy (non-hydrogen) atoms. The number of nitrogens with two attached hydrogens (primary N) is 1. The molecule has 0 saturated carbocycles. The summed E-state index contributed by atoms with van der Waals surface area (Å²) in [6.07, 6.45) is 5.32. The smallest absolute Gasteiger partial charge is 0.271 e. The fraction of sp³-hybridized carbons (Fsp3) is 0.429. The minimum atomic E-state index is -0.132. The summed E-state index contributed by atoms with van der Waals surface area (Å²) in [6.45, 7) is 3.32. The molecule has 2 rings (SSSR count). The van der Waals surface area contributed by atoms with Crippen molar-refractivity contribution >= 4 is 17.2 Å². The largest absolute Gasteiger partial charge is 0.343 e. The minimum Gasteiger partial charge on any atom is -0.343 e. The van der Waals surface area contributed by atoms with E-state index in [1.165, 1.54) is 4.88 Å². The maximum Gasteiger partial charge on any atom is 0.271 e. The van der Waals surface area contributed by atoms with Crippen molar-refractivity contribution in [2.24, 2.45) is 5.73 Å². The maximum absolute atomic E-state index is 12.2. The first-order chi connectivity index (χ1) is 9.74. The van der Waals surface area contributed by atoms with E-state index in [1.807, 2.05) is 16.0 Å². The number of hydrogen-bond acceptors (Lipinski definition) is 4. The number of hydrogen-bond donors (Lipinski definition) is 2. The minimum absolute atomic E-state index is 0.0622. The molecule has 0 fully saturated rings. The van der Waals surface area contributed by atoms with E-state index in [4.69, 9.17) is 5.73 Å². The van der Waals surface area contributed by atoms with Crippen LogP contribution in [0.2, 0.25) is 0 Å². The van der Waals surface area contributed by atoms with Gasteiger partial charge in [-0.25, -0.2) is 4.98 Å². The first-order valence-corrected chi connectivity index (χ1v) is 7.68. The molecule has 0 aliphatic carbocycles. The van der Waals surface area contributed by atoms with Crippen molar-refractivity contribution in [3.05, 3.63) is 40.6 Å². The number of nitrogens with zero attached hydrogens (tertiary/aromatic N) is 2. The van der Waals surface area contributed by atoms with Gasteiger partial charge < -0.3 is 15.6 Å². The Morgan fingerprint density at radius 1 is 1.60 bits per heavy atom. The first-order valence-electron chi connectivity index (χ1n) is 6.80. The molecule has 0 aromatic carbocycles. The van der Waals surface area contributed by atoms with Crippen molar-refractivity contribution in [2.75, 3.05) is 6.54 Å². The molecule has 2 heterocycles. The van der Waals surface area contributed by atoms with Gasteiger partial charge in [0.05, 0.1) is 12.4 Å². The summed E-state index contributed by atoms with van der Waals surface area (Å²) in [7, 11) is 0. The van der Waals surface area contributed by atoms with Crippen LogP contribution in [0.15, 0.2) is 30.0 Å². The monoisotopic (exact) mass is 292 g/mol. The van der Waals surface area contributed by atoms with Crippen LogP contribution in [0.1, 0.15) is 41.2 Å². The van der Waals surface area contributed by atoms with Crippen molar-refractivity contribution in [2.45, 2.75) is 32.4 Å². The lowest BCUT2D eigenvalue weighted by atomic mass is 10.1. The van der Waals surface area contributed by atoms with Crippen molar-refractivity contribution in [3.8, 4) is 0 Å². The molecule has 0 aliphatic heterocycles.